The Balaban J connectivity index is 1.69. The maximum Gasteiger partial charge on any atom is 0.416 e. The highest BCUT2D eigenvalue weighted by Crippen LogP contribution is 2.46. The third kappa shape index (κ3) is 5.28. The summed E-state index contributed by atoms with van der Waals surface area (Å²) in [5, 5.41) is 11.9. The molecule has 0 spiro atoms. The van der Waals surface area contributed by atoms with E-state index < -0.39 is 29.1 Å². The van der Waals surface area contributed by atoms with Crippen LogP contribution in [0.5, 0.6) is 5.88 Å². The Bertz CT molecular complexity index is 1750. The molecule has 5 rings (SSSR count). The highest BCUT2D eigenvalue weighted by atomic mass is 32.1. The lowest BCUT2D eigenvalue weighted by atomic mass is 9.72. The third-order valence-electron chi connectivity index (χ3n) is 7.69. The molecule has 1 aliphatic rings. The van der Waals surface area contributed by atoms with Crippen LogP contribution in [0.25, 0.3) is 16.5 Å². The van der Waals surface area contributed by atoms with Gasteiger partial charge in [0.05, 0.1) is 29.6 Å². The Hall–Kier alpha value is -3.92. The molecular formula is C31H29F3N2O4S. The summed E-state index contributed by atoms with van der Waals surface area (Å²) in [6.45, 7) is 6.59. The van der Waals surface area contributed by atoms with Gasteiger partial charge in [0.25, 0.3) is 5.56 Å². The maximum atomic E-state index is 13.4. The highest BCUT2D eigenvalue weighted by Gasteiger charge is 2.34. The molecule has 0 bridgehead atoms. The number of hydrogen-bond donors (Lipinski definition) is 1. The molecule has 6 nitrogen and oxygen atoms in total. The molecule has 0 radical (unpaired) electrons. The molecule has 214 valence electrons. The second-order valence-electron chi connectivity index (χ2n) is 11.2. The molecular weight excluding hydrogens is 553 g/mol. The van der Waals surface area contributed by atoms with Crippen LogP contribution in [0.1, 0.15) is 58.4 Å². The lowest BCUT2D eigenvalue weighted by molar-refractivity contribution is -0.137. The number of carbonyl (C=O) groups is 1. The van der Waals surface area contributed by atoms with E-state index in [-0.39, 0.29) is 22.1 Å². The van der Waals surface area contributed by atoms with Gasteiger partial charge >= 0.3 is 12.1 Å². The fourth-order valence-electron chi connectivity index (χ4n) is 5.36. The number of hydrogen-bond acceptors (Lipinski definition) is 6. The van der Waals surface area contributed by atoms with Crippen molar-refractivity contribution in [1.82, 2.24) is 4.57 Å². The number of methoxy groups -OCH3 is 1. The second-order valence-corrected chi connectivity index (χ2v) is 12.3. The summed E-state index contributed by atoms with van der Waals surface area (Å²) in [6.07, 6.45) is -0.826. The highest BCUT2D eigenvalue weighted by molar-refractivity contribution is 7.14. The van der Waals surface area contributed by atoms with E-state index in [1.54, 1.807) is 18.2 Å². The van der Waals surface area contributed by atoms with Gasteiger partial charge in [-0.1, -0.05) is 45.0 Å². The van der Waals surface area contributed by atoms with E-state index in [1.807, 2.05) is 0 Å². The van der Waals surface area contributed by atoms with Gasteiger partial charge in [-0.2, -0.15) is 13.2 Å². The number of aliphatic imine (C=N–C) groups is 1. The van der Waals surface area contributed by atoms with E-state index in [1.165, 1.54) is 42.9 Å². The second kappa shape index (κ2) is 10.5. The molecule has 2 aromatic heterocycles. The number of alkyl halides is 3. The first-order valence-corrected chi connectivity index (χ1v) is 13.9. The number of thiophene rings is 1. The van der Waals surface area contributed by atoms with Gasteiger partial charge in [0.1, 0.15) is 4.88 Å². The van der Waals surface area contributed by atoms with Crippen LogP contribution in [0.15, 0.2) is 58.3 Å². The van der Waals surface area contributed by atoms with Crippen molar-refractivity contribution in [1.29, 1.82) is 0 Å². The first-order chi connectivity index (χ1) is 19.3. The lowest BCUT2D eigenvalue weighted by Gasteiger charge is -2.33. The Morgan fingerprint density at radius 1 is 1.12 bits per heavy atom. The van der Waals surface area contributed by atoms with E-state index >= 15 is 0 Å². The molecule has 0 saturated heterocycles. The van der Waals surface area contributed by atoms with E-state index in [0.717, 1.165) is 40.0 Å². The molecule has 0 saturated carbocycles. The fourth-order valence-corrected chi connectivity index (χ4v) is 6.65. The molecule has 0 fully saturated rings. The zero-order chi connectivity index (χ0) is 29.7. The lowest BCUT2D eigenvalue weighted by Crippen LogP contribution is -2.26. The van der Waals surface area contributed by atoms with E-state index in [0.29, 0.717) is 28.3 Å². The van der Waals surface area contributed by atoms with Gasteiger partial charge in [-0.05, 0) is 60.4 Å². The number of nitrogens with zero attached hydrogens (tertiary/aromatic N) is 2. The van der Waals surface area contributed by atoms with Crippen LogP contribution in [0.3, 0.4) is 0 Å². The van der Waals surface area contributed by atoms with E-state index in [2.05, 4.69) is 25.8 Å². The zero-order valence-corrected chi connectivity index (χ0v) is 23.8. The van der Waals surface area contributed by atoms with Crippen LogP contribution in [0, 0.1) is 11.3 Å². The van der Waals surface area contributed by atoms with Crippen LogP contribution in [-0.4, -0.2) is 29.0 Å². The van der Waals surface area contributed by atoms with Crippen LogP contribution in [0.4, 0.5) is 18.9 Å². The van der Waals surface area contributed by atoms with Gasteiger partial charge < -0.3 is 9.84 Å². The summed E-state index contributed by atoms with van der Waals surface area (Å²) in [6, 6.07) is 10.7. The molecule has 1 atom stereocenters. The third-order valence-corrected chi connectivity index (χ3v) is 8.91. The van der Waals surface area contributed by atoms with Gasteiger partial charge in [-0.15, -0.1) is 11.3 Å². The number of esters is 1. The molecule has 1 unspecified atom stereocenters. The van der Waals surface area contributed by atoms with Crippen molar-refractivity contribution in [3.63, 3.8) is 0 Å². The number of aromatic hydroxyl groups is 1. The molecule has 2 aromatic carbocycles. The smallest absolute Gasteiger partial charge is 0.416 e. The predicted octanol–water partition coefficient (Wildman–Crippen LogP) is 7.46. The van der Waals surface area contributed by atoms with Crippen LogP contribution in [0.2, 0.25) is 0 Å². The molecule has 0 aliphatic heterocycles. The summed E-state index contributed by atoms with van der Waals surface area (Å²) in [4.78, 5) is 32.2. The van der Waals surface area contributed by atoms with Crippen LogP contribution >= 0.6 is 11.3 Å². The summed E-state index contributed by atoms with van der Waals surface area (Å²) >= 11 is 1.35. The predicted molar refractivity (Wildman–Crippen MR) is 154 cm³/mol. The van der Waals surface area contributed by atoms with Crippen molar-refractivity contribution in [2.24, 2.45) is 16.3 Å². The summed E-state index contributed by atoms with van der Waals surface area (Å²) in [5.41, 5.74) is -0.141. The number of halogens is 3. The first-order valence-electron chi connectivity index (χ1n) is 13.1. The minimum absolute atomic E-state index is 0.0956. The number of fused-ring (bicyclic) bond motifs is 2. The van der Waals surface area contributed by atoms with Crippen molar-refractivity contribution in [3.8, 4) is 11.6 Å². The van der Waals surface area contributed by atoms with E-state index in [4.69, 9.17) is 4.74 Å². The molecule has 41 heavy (non-hydrogen) atoms. The number of benzene rings is 2. The van der Waals surface area contributed by atoms with Crippen molar-refractivity contribution < 1.29 is 27.8 Å². The van der Waals surface area contributed by atoms with Crippen molar-refractivity contribution in [2.75, 3.05) is 7.11 Å². The average Bonchev–Trinajstić information content (AvgIpc) is 3.30. The van der Waals surface area contributed by atoms with Crippen LogP contribution < -0.4 is 5.56 Å². The molecule has 1 aliphatic carbocycles. The topological polar surface area (TPSA) is 80.9 Å². The molecule has 1 N–H and O–H groups in total. The van der Waals surface area contributed by atoms with Gasteiger partial charge in [-0.3, -0.25) is 9.79 Å². The van der Waals surface area contributed by atoms with Gasteiger partial charge in [-0.25, -0.2) is 9.36 Å². The normalized spacial score (nSPS) is 15.8. The summed E-state index contributed by atoms with van der Waals surface area (Å²) < 4.78 is 46.2. The monoisotopic (exact) mass is 582 g/mol. The number of pyridine rings is 1. The first kappa shape index (κ1) is 28.6. The SMILES string of the molecule is COC(=O)c1sc2c(c1N=Cc1c(O)n(-c3cccc(C(F)(F)F)c3)c(=O)c3ccccc13)CCC(C(C)(C)C)C2. The molecule has 2 heterocycles. The Morgan fingerprint density at radius 2 is 1.83 bits per heavy atom. The molecule has 4 aromatic rings. The van der Waals surface area contributed by atoms with Crippen molar-refractivity contribution in [2.45, 2.75) is 46.2 Å². The fraction of sp³-hybridized carbons (Fsp3) is 0.323. The minimum atomic E-state index is -4.63. The van der Waals surface area contributed by atoms with Crippen molar-refractivity contribution in [3.05, 3.63) is 85.3 Å². The Labute approximate surface area is 238 Å². The standard InChI is InChI=1S/C31H29F3N2O4S/c1-30(2,3)17-12-13-22-24(15-17)41-26(29(39)40-4)25(22)35-16-23-20-10-5-6-11-21(20)27(37)36(28(23)38)19-9-7-8-18(14-19)31(32,33)34/h5-11,14,16-17,38H,12-13,15H2,1-4H3. The molecule has 0 amide bonds. The summed E-state index contributed by atoms with van der Waals surface area (Å²) in [7, 11) is 1.30. The van der Waals surface area contributed by atoms with Crippen LogP contribution in [-0.2, 0) is 23.8 Å². The number of ether oxygens (including phenoxy) is 1. The van der Waals surface area contributed by atoms with E-state index in [9.17, 15) is 27.9 Å². The Morgan fingerprint density at radius 3 is 2.49 bits per heavy atom. The largest absolute Gasteiger partial charge is 0.494 e. The number of carbonyl (C=O) groups excluding carboxylic acids is 1. The van der Waals surface area contributed by atoms with Gasteiger partial charge in [0, 0.05) is 21.9 Å². The maximum absolute atomic E-state index is 13.4. The van der Waals surface area contributed by atoms with Gasteiger partial charge in [0.15, 0.2) is 0 Å². The summed E-state index contributed by atoms with van der Waals surface area (Å²) in [5.74, 6) is -0.653. The van der Waals surface area contributed by atoms with Crippen molar-refractivity contribution >= 4 is 40.0 Å². The number of rotatable bonds is 4. The Kier molecular flexibility index (Phi) is 7.31. The number of aromatic nitrogens is 1. The minimum Gasteiger partial charge on any atom is -0.494 e. The van der Waals surface area contributed by atoms with Gasteiger partial charge in [0.2, 0.25) is 5.88 Å². The zero-order valence-electron chi connectivity index (χ0n) is 23.0. The quantitative estimate of drug-likeness (QED) is 0.200. The molecule has 10 heteroatoms. The average molecular weight is 583 g/mol.